The summed E-state index contributed by atoms with van der Waals surface area (Å²) in [6, 6.07) is 7.85. The lowest BCUT2D eigenvalue weighted by molar-refractivity contribution is -0.145. The lowest BCUT2D eigenvalue weighted by Crippen LogP contribution is -2.62. The Kier molecular flexibility index (Phi) is 33.8. The van der Waals surface area contributed by atoms with Gasteiger partial charge in [-0.2, -0.15) is 0 Å². The van der Waals surface area contributed by atoms with Crippen LogP contribution in [0.25, 0.3) is 0 Å². The van der Waals surface area contributed by atoms with Crippen molar-refractivity contribution in [3.8, 4) is 11.5 Å². The number of amides is 11. The molecule has 2 heterocycles. The fourth-order valence-electron chi connectivity index (χ4n) is 11.4. The van der Waals surface area contributed by atoms with E-state index in [1.54, 1.807) is 12.1 Å². The van der Waals surface area contributed by atoms with Gasteiger partial charge < -0.3 is 95.7 Å². The number of urea groups is 1. The summed E-state index contributed by atoms with van der Waals surface area (Å²) in [6.45, 7) is 0.957. The highest BCUT2D eigenvalue weighted by atomic mass is 35.5. The number of unbranched alkanes of at least 4 members (excludes halogenated alkanes) is 1. The van der Waals surface area contributed by atoms with Crippen LogP contribution in [0.4, 0.5) is 10.5 Å². The molecular weight excluding hydrogens is 1430 g/mol. The first-order valence-electron chi connectivity index (χ1n) is 33.6. The molecule has 2 fully saturated rings. The molecule has 4 aromatic rings. The molecular formula is C68H90ClN15O19S2. The number of rotatable bonds is 29. The molecule has 34 nitrogen and oxygen atoms in total. The highest BCUT2D eigenvalue weighted by molar-refractivity contribution is 8.76. The Morgan fingerprint density at radius 1 is 0.590 bits per heavy atom. The molecule has 0 bridgehead atoms. The third-order valence-electron chi connectivity index (χ3n) is 17.0. The summed E-state index contributed by atoms with van der Waals surface area (Å²) in [5, 5.41) is 84.9. The number of hydrogen-bond donors (Lipinski definition) is 18. The lowest BCUT2D eigenvalue weighted by atomic mass is 10.0. The molecule has 0 spiro atoms. The number of halogens is 1. The molecule has 0 radical (unpaired) electrons. The number of benzene rings is 4. The van der Waals surface area contributed by atoms with Gasteiger partial charge in [-0.05, 0) is 110 Å². The number of aliphatic hydroxyl groups is 1. The van der Waals surface area contributed by atoms with Gasteiger partial charge in [0, 0.05) is 93.6 Å². The second kappa shape index (κ2) is 42.2. The SMILES string of the molecule is C[C@@H](O)[C@@H]1NC(=O)[C@H](CCCCN)NC(=O)[C@@H](Cc2ccc(NC(N)=O)cc2)NC(=O)[C@H](Cc2ccc(O)cc2)NC(=O)[C@@H](NC(=O)[C@@H](Cc2ccc(Cl)cc2)NC(=O)CCC(C(=O)O)N2CCN(CC(=O)O)CCN(CC(=O)O)CC2)CSSC[C@@H](C(=O)N[C@H](Cc2ccc(O)cc2)C(N)=O)NC1=O. The minimum absolute atomic E-state index is 0.00853. The zero-order valence-corrected chi connectivity index (χ0v) is 59.8. The monoisotopic (exact) mass is 1520 g/mol. The maximum Gasteiger partial charge on any atom is 0.320 e. The van der Waals surface area contributed by atoms with E-state index in [1.807, 2.05) is 0 Å². The van der Waals surface area contributed by atoms with Crippen LogP contribution >= 0.6 is 33.2 Å². The van der Waals surface area contributed by atoms with Crippen LogP contribution in [0.15, 0.2) is 97.1 Å². The number of phenolic OH excluding ortho intramolecular Hbond substituents is 2. The van der Waals surface area contributed by atoms with Crippen molar-refractivity contribution in [3.05, 3.63) is 124 Å². The summed E-state index contributed by atoms with van der Waals surface area (Å²) in [4.78, 5) is 184. The first kappa shape index (κ1) is 84.1. The second-order valence-corrected chi connectivity index (χ2v) is 28.2. The standard InChI is InChI=1S/C68H90ClN15O19S2/c1-38(85)58-66(100)80-53(64(98)76-48(59(71)93)30-41-9-17-45(86)18-10-41)37-105-104-36-52(79-61(95)49(31-39-5-13-43(69)14-6-39)74-55(88)22-21-54(67(101)102)84-28-26-82(34-56(89)90)24-25-83(27-29-84)35-57(91)92)65(99)78-51(33-42-11-19-46(87)20-12-42)63(97)77-50(32-40-7-15-44(16-8-40)73-68(72)103)62(96)75-47(60(94)81-58)4-2-3-23-70/h5-20,38,47-54,58,85-87H,2-4,21-37,70H2,1H3,(H2,71,93)(H,74,88)(H,75,96)(H,76,98)(H,77,97)(H,78,99)(H,79,95)(H,80,100)(H,81,94)(H,89,90)(H,91,92)(H,101,102)(H3,72,73,103)/t38-,47+,48-,49-,50-,51+,52+,53+,54?,58+/m1/s1. The van der Waals surface area contributed by atoms with E-state index in [0.717, 1.165) is 28.5 Å². The predicted octanol–water partition coefficient (Wildman–Crippen LogP) is -1.90. The highest BCUT2D eigenvalue weighted by Gasteiger charge is 2.38. The van der Waals surface area contributed by atoms with E-state index in [0.29, 0.717) is 33.7 Å². The van der Waals surface area contributed by atoms with E-state index >= 15 is 14.4 Å². The van der Waals surface area contributed by atoms with Gasteiger partial charge in [0.2, 0.25) is 53.2 Å². The number of primary amides is 2. The summed E-state index contributed by atoms with van der Waals surface area (Å²) in [5.41, 5.74) is 18.8. The summed E-state index contributed by atoms with van der Waals surface area (Å²) >= 11 is 6.26. The Morgan fingerprint density at radius 2 is 1.08 bits per heavy atom. The van der Waals surface area contributed by atoms with Crippen LogP contribution < -0.4 is 65.1 Å². The predicted molar refractivity (Wildman–Crippen MR) is 387 cm³/mol. The third kappa shape index (κ3) is 29.0. The average Bonchev–Trinajstić information content (AvgIpc) is 1.56. The van der Waals surface area contributed by atoms with Gasteiger partial charge in [0.05, 0.1) is 19.2 Å². The Labute approximate surface area is 617 Å². The molecule has 10 atom stereocenters. The van der Waals surface area contributed by atoms with Crippen LogP contribution in [-0.2, 0) is 83.2 Å². The van der Waals surface area contributed by atoms with Crippen molar-refractivity contribution in [2.75, 3.05) is 75.7 Å². The van der Waals surface area contributed by atoms with Crippen LogP contribution in [-0.4, -0.2) is 253 Å². The maximum atomic E-state index is 15.3. The molecule has 6 rings (SSSR count). The Morgan fingerprint density at radius 3 is 1.59 bits per heavy atom. The Hall–Kier alpha value is -9.82. The van der Waals surface area contributed by atoms with E-state index in [2.05, 4.69) is 47.9 Å². The number of carboxylic acids is 3. The molecule has 11 amide bonds. The van der Waals surface area contributed by atoms with Gasteiger partial charge in [0.15, 0.2) is 0 Å². The van der Waals surface area contributed by atoms with E-state index in [4.69, 9.17) is 28.8 Å². The zero-order chi connectivity index (χ0) is 76.9. The van der Waals surface area contributed by atoms with E-state index in [-0.39, 0.29) is 108 Å². The fraction of sp³-hybridized carbons (Fsp3) is 0.456. The maximum absolute atomic E-state index is 15.3. The second-order valence-electron chi connectivity index (χ2n) is 25.2. The molecule has 21 N–H and O–H groups in total. The normalized spacial score (nSPS) is 20.7. The number of anilines is 1. The largest absolute Gasteiger partial charge is 0.508 e. The number of carbonyl (C=O) groups excluding carboxylic acids is 10. The van der Waals surface area contributed by atoms with E-state index in [1.165, 1.54) is 99.6 Å². The average molecular weight is 1520 g/mol. The van der Waals surface area contributed by atoms with Crippen LogP contribution in [0.5, 0.6) is 11.5 Å². The van der Waals surface area contributed by atoms with Gasteiger partial charge in [-0.15, -0.1) is 0 Å². The van der Waals surface area contributed by atoms with E-state index < -0.39 is 169 Å². The quantitative estimate of drug-likeness (QED) is 0.0209. The highest BCUT2D eigenvalue weighted by Crippen LogP contribution is 2.25. The summed E-state index contributed by atoms with van der Waals surface area (Å²) < 4.78 is 0. The molecule has 1 unspecified atom stereocenters. The van der Waals surface area contributed by atoms with Gasteiger partial charge >= 0.3 is 23.9 Å². The van der Waals surface area contributed by atoms with E-state index in [9.17, 15) is 78.6 Å². The molecule has 570 valence electrons. The van der Waals surface area contributed by atoms with Crippen LogP contribution in [0.2, 0.25) is 5.02 Å². The molecule has 2 saturated heterocycles. The van der Waals surface area contributed by atoms with Crippen molar-refractivity contribution >= 4 is 116 Å². The molecule has 2 aliphatic heterocycles. The minimum atomic E-state index is -1.86. The van der Waals surface area contributed by atoms with Crippen molar-refractivity contribution in [1.29, 1.82) is 0 Å². The number of nitrogens with zero attached hydrogens (tertiary/aromatic N) is 3. The summed E-state index contributed by atoms with van der Waals surface area (Å²) in [5.74, 6) is -13.9. The number of carbonyl (C=O) groups is 13. The Bertz CT molecular complexity index is 3640. The topological polar surface area (TPSA) is 539 Å². The van der Waals surface area contributed by atoms with Gasteiger partial charge in [0.1, 0.15) is 65.9 Å². The first-order chi connectivity index (χ1) is 49.9. The van der Waals surface area contributed by atoms with Crippen LogP contribution in [0.3, 0.4) is 0 Å². The molecule has 37 heteroatoms. The number of aromatic hydroxyl groups is 2. The first-order valence-corrected chi connectivity index (χ1v) is 36.4. The van der Waals surface area contributed by atoms with Crippen LogP contribution in [0, 0.1) is 0 Å². The van der Waals surface area contributed by atoms with Crippen molar-refractivity contribution in [2.24, 2.45) is 17.2 Å². The molecule has 0 saturated carbocycles. The van der Waals surface area contributed by atoms with Crippen molar-refractivity contribution in [2.45, 2.75) is 125 Å². The number of nitrogens with two attached hydrogens (primary N) is 3. The lowest BCUT2D eigenvalue weighted by Gasteiger charge is -2.30. The molecule has 2 aliphatic rings. The smallest absolute Gasteiger partial charge is 0.320 e. The number of aliphatic carboxylic acids is 3. The molecule has 0 aliphatic carbocycles. The number of aliphatic hydroxyl groups excluding tert-OH is 1. The van der Waals surface area contributed by atoms with Crippen LogP contribution in [0.1, 0.15) is 61.3 Å². The minimum Gasteiger partial charge on any atom is -0.508 e. The van der Waals surface area contributed by atoms with Crippen molar-refractivity contribution in [3.63, 3.8) is 0 Å². The number of phenols is 2. The number of hydrogen-bond acceptors (Lipinski definition) is 22. The van der Waals surface area contributed by atoms with Crippen molar-refractivity contribution in [1.82, 2.24) is 57.2 Å². The third-order valence-corrected chi connectivity index (χ3v) is 19.7. The molecule has 4 aromatic carbocycles. The van der Waals surface area contributed by atoms with Gasteiger partial charge in [-0.1, -0.05) is 81.7 Å². The fourth-order valence-corrected chi connectivity index (χ4v) is 13.8. The molecule has 0 aromatic heterocycles. The summed E-state index contributed by atoms with van der Waals surface area (Å²) in [6.07, 6.45) is -3.34. The Balaban J connectivity index is 1.42. The summed E-state index contributed by atoms with van der Waals surface area (Å²) in [7, 11) is 1.68. The van der Waals surface area contributed by atoms with Gasteiger partial charge in [-0.3, -0.25) is 72.2 Å². The number of nitrogens with one attached hydrogen (secondary N) is 9. The number of carboxylic acid groups (broad SMARTS) is 3. The zero-order valence-electron chi connectivity index (χ0n) is 57.4. The van der Waals surface area contributed by atoms with Gasteiger partial charge in [0.25, 0.3) is 0 Å². The molecule has 105 heavy (non-hydrogen) atoms. The van der Waals surface area contributed by atoms with Crippen molar-refractivity contribution < 1.29 is 93.0 Å². The van der Waals surface area contributed by atoms with Gasteiger partial charge in [-0.25, -0.2) is 4.79 Å².